The first-order valence-corrected chi connectivity index (χ1v) is 5.01. The first kappa shape index (κ1) is 11.7. The summed E-state index contributed by atoms with van der Waals surface area (Å²) in [6, 6.07) is 3.06. The van der Waals surface area contributed by atoms with Crippen LogP contribution in [0.5, 0.6) is 5.75 Å². The molecule has 0 N–H and O–H groups in total. The van der Waals surface area contributed by atoms with E-state index in [2.05, 4.69) is 9.97 Å². The van der Waals surface area contributed by atoms with Crippen LogP contribution < -0.4 is 4.74 Å². The van der Waals surface area contributed by atoms with E-state index in [9.17, 15) is 8.78 Å². The zero-order valence-corrected chi connectivity index (χ0v) is 9.50. The molecule has 3 nitrogen and oxygen atoms in total. The van der Waals surface area contributed by atoms with Crippen LogP contribution >= 0.6 is 11.6 Å². The number of nitrogens with zero attached hydrogens (tertiary/aromatic N) is 2. The van der Waals surface area contributed by atoms with Gasteiger partial charge in [-0.1, -0.05) is 11.6 Å². The highest BCUT2D eigenvalue weighted by molar-refractivity contribution is 6.31. The molecule has 1 aromatic carbocycles. The molecule has 88 valence electrons. The summed E-state index contributed by atoms with van der Waals surface area (Å²) < 4.78 is 31.6. The number of benzene rings is 1. The van der Waals surface area contributed by atoms with E-state index in [1.54, 1.807) is 0 Å². The number of hydrogen-bond acceptors (Lipinski definition) is 3. The van der Waals surface area contributed by atoms with Crippen molar-refractivity contribution in [2.75, 3.05) is 7.11 Å². The van der Waals surface area contributed by atoms with Crippen molar-refractivity contribution in [1.82, 2.24) is 9.97 Å². The highest BCUT2D eigenvalue weighted by Gasteiger charge is 2.16. The summed E-state index contributed by atoms with van der Waals surface area (Å²) in [4.78, 5) is 7.56. The molecule has 0 saturated heterocycles. The summed E-state index contributed by atoms with van der Waals surface area (Å²) in [7, 11) is 1.35. The average Bonchev–Trinajstić information content (AvgIpc) is 2.32. The highest BCUT2D eigenvalue weighted by atomic mass is 35.5. The Morgan fingerprint density at radius 1 is 1.24 bits per heavy atom. The molecule has 0 unspecified atom stereocenters. The van der Waals surface area contributed by atoms with Crippen molar-refractivity contribution in [3.63, 3.8) is 0 Å². The topological polar surface area (TPSA) is 35.0 Å². The first-order chi connectivity index (χ1) is 8.13. The van der Waals surface area contributed by atoms with Crippen molar-refractivity contribution in [1.29, 1.82) is 0 Å². The second kappa shape index (κ2) is 4.63. The lowest BCUT2D eigenvalue weighted by Gasteiger charge is -2.08. The van der Waals surface area contributed by atoms with Gasteiger partial charge in [-0.3, -0.25) is 0 Å². The molecule has 0 saturated carbocycles. The van der Waals surface area contributed by atoms with Gasteiger partial charge in [-0.2, -0.15) is 0 Å². The van der Waals surface area contributed by atoms with Crippen LogP contribution in [0.15, 0.2) is 24.5 Å². The Morgan fingerprint density at radius 2 is 2.00 bits per heavy atom. The molecule has 2 rings (SSSR count). The maximum Gasteiger partial charge on any atom is 0.182 e. The van der Waals surface area contributed by atoms with Crippen LogP contribution in [0.1, 0.15) is 0 Å². The van der Waals surface area contributed by atoms with Gasteiger partial charge in [-0.15, -0.1) is 0 Å². The number of rotatable bonds is 2. The lowest BCUT2D eigenvalue weighted by atomic mass is 10.1. The van der Waals surface area contributed by atoms with Gasteiger partial charge in [0.1, 0.15) is 23.7 Å². The van der Waals surface area contributed by atoms with Gasteiger partial charge in [0.15, 0.2) is 10.9 Å². The minimum absolute atomic E-state index is 0.0221. The quantitative estimate of drug-likeness (QED) is 0.775. The number of methoxy groups -OCH3 is 1. The Balaban J connectivity index is 2.68. The Kier molecular flexibility index (Phi) is 3.19. The van der Waals surface area contributed by atoms with Crippen LogP contribution in [0, 0.1) is 11.6 Å². The molecule has 0 aliphatic heterocycles. The Labute approximate surface area is 101 Å². The minimum Gasteiger partial charge on any atom is -0.491 e. The molecule has 0 fully saturated rings. The summed E-state index contributed by atoms with van der Waals surface area (Å²) in [5.74, 6) is -1.07. The zero-order valence-electron chi connectivity index (χ0n) is 8.75. The van der Waals surface area contributed by atoms with Gasteiger partial charge in [-0.25, -0.2) is 18.7 Å². The number of hydrogen-bond donors (Lipinski definition) is 0. The molecule has 1 heterocycles. The predicted molar refractivity (Wildman–Crippen MR) is 58.9 cm³/mol. The Bertz CT molecular complexity index is 563. The molecule has 0 amide bonds. The zero-order chi connectivity index (χ0) is 12.4. The van der Waals surface area contributed by atoms with Gasteiger partial charge in [0, 0.05) is 5.56 Å². The van der Waals surface area contributed by atoms with Gasteiger partial charge in [0.2, 0.25) is 0 Å². The van der Waals surface area contributed by atoms with Gasteiger partial charge in [0.25, 0.3) is 0 Å². The van der Waals surface area contributed by atoms with E-state index in [0.717, 1.165) is 24.5 Å². The van der Waals surface area contributed by atoms with E-state index in [1.165, 1.54) is 7.11 Å². The summed E-state index contributed by atoms with van der Waals surface area (Å²) >= 11 is 5.78. The lowest BCUT2D eigenvalue weighted by molar-refractivity contribution is 0.412. The maximum atomic E-state index is 13.6. The summed E-state index contributed by atoms with van der Waals surface area (Å²) in [5.41, 5.74) is 0.0932. The van der Waals surface area contributed by atoms with Crippen molar-refractivity contribution >= 4 is 11.6 Å². The standard InChI is InChI=1S/C11H7ClF2N2O/c1-17-10-9(15-5-16-11(10)12)7-4-6(13)2-3-8(7)14/h2-5H,1H3. The SMILES string of the molecule is COc1c(Cl)ncnc1-c1cc(F)ccc1F. The molecule has 0 aliphatic carbocycles. The predicted octanol–water partition coefficient (Wildman–Crippen LogP) is 3.08. The molecule has 17 heavy (non-hydrogen) atoms. The molecule has 0 aliphatic rings. The monoisotopic (exact) mass is 256 g/mol. The normalized spacial score (nSPS) is 10.4. The summed E-state index contributed by atoms with van der Waals surface area (Å²) in [5, 5.41) is 0.0427. The van der Waals surface area contributed by atoms with Crippen molar-refractivity contribution < 1.29 is 13.5 Å². The third-order valence-corrected chi connectivity index (χ3v) is 2.42. The van der Waals surface area contributed by atoms with Gasteiger partial charge >= 0.3 is 0 Å². The molecule has 0 radical (unpaired) electrons. The van der Waals surface area contributed by atoms with E-state index in [4.69, 9.17) is 16.3 Å². The largest absolute Gasteiger partial charge is 0.491 e. The van der Waals surface area contributed by atoms with Crippen LogP contribution in [0.25, 0.3) is 11.3 Å². The average molecular weight is 257 g/mol. The third kappa shape index (κ3) is 2.19. The molecule has 2 aromatic rings. The number of halogens is 3. The molecule has 1 aromatic heterocycles. The van der Waals surface area contributed by atoms with E-state index in [-0.39, 0.29) is 22.2 Å². The van der Waals surface area contributed by atoms with E-state index in [0.29, 0.717) is 0 Å². The van der Waals surface area contributed by atoms with Crippen molar-refractivity contribution in [2.45, 2.75) is 0 Å². The van der Waals surface area contributed by atoms with Gasteiger partial charge < -0.3 is 4.74 Å². The van der Waals surface area contributed by atoms with E-state index < -0.39 is 11.6 Å². The Hall–Kier alpha value is -1.75. The van der Waals surface area contributed by atoms with Gasteiger partial charge in [-0.05, 0) is 18.2 Å². The smallest absolute Gasteiger partial charge is 0.182 e. The molecule has 6 heteroatoms. The first-order valence-electron chi connectivity index (χ1n) is 4.63. The molecule has 0 atom stereocenters. The fraction of sp³-hybridized carbons (Fsp3) is 0.0909. The van der Waals surface area contributed by atoms with Gasteiger partial charge in [0.05, 0.1) is 7.11 Å². The van der Waals surface area contributed by atoms with Crippen LogP contribution in [-0.2, 0) is 0 Å². The molecular formula is C11H7ClF2N2O. The van der Waals surface area contributed by atoms with E-state index in [1.807, 2.05) is 0 Å². The lowest BCUT2D eigenvalue weighted by Crippen LogP contribution is -1.96. The van der Waals surface area contributed by atoms with Crippen molar-refractivity contribution in [3.8, 4) is 17.0 Å². The van der Waals surface area contributed by atoms with Crippen LogP contribution in [-0.4, -0.2) is 17.1 Å². The second-order valence-electron chi connectivity index (χ2n) is 3.17. The van der Waals surface area contributed by atoms with E-state index >= 15 is 0 Å². The Morgan fingerprint density at radius 3 is 2.71 bits per heavy atom. The number of aromatic nitrogens is 2. The highest BCUT2D eigenvalue weighted by Crippen LogP contribution is 2.34. The number of ether oxygens (including phenoxy) is 1. The summed E-state index contributed by atoms with van der Waals surface area (Å²) in [6.45, 7) is 0. The maximum absolute atomic E-state index is 13.6. The third-order valence-electron chi connectivity index (χ3n) is 2.15. The fourth-order valence-electron chi connectivity index (χ4n) is 1.40. The molecule has 0 spiro atoms. The molecular weight excluding hydrogens is 250 g/mol. The van der Waals surface area contributed by atoms with Crippen LogP contribution in [0.4, 0.5) is 8.78 Å². The summed E-state index contributed by atoms with van der Waals surface area (Å²) in [6.07, 6.45) is 1.16. The van der Waals surface area contributed by atoms with Crippen LogP contribution in [0.3, 0.4) is 0 Å². The van der Waals surface area contributed by atoms with Crippen LogP contribution in [0.2, 0.25) is 5.15 Å². The van der Waals surface area contributed by atoms with Crippen molar-refractivity contribution in [3.05, 3.63) is 41.3 Å². The van der Waals surface area contributed by atoms with Crippen molar-refractivity contribution in [2.24, 2.45) is 0 Å². The second-order valence-corrected chi connectivity index (χ2v) is 3.53. The molecule has 0 bridgehead atoms. The fourth-order valence-corrected chi connectivity index (χ4v) is 1.61. The minimum atomic E-state index is -0.612.